The van der Waals surface area contributed by atoms with Gasteiger partial charge in [0.1, 0.15) is 5.82 Å². The van der Waals surface area contributed by atoms with Crippen molar-refractivity contribution in [2.75, 3.05) is 37.3 Å². The molecule has 0 spiro atoms. The predicted octanol–water partition coefficient (Wildman–Crippen LogP) is 0.00180. The molecular weight excluding hydrogens is 299 g/mol. The van der Waals surface area contributed by atoms with Crippen molar-refractivity contribution in [1.82, 2.24) is 4.31 Å². The van der Waals surface area contributed by atoms with E-state index in [-0.39, 0.29) is 11.4 Å². The molecule has 1 aliphatic heterocycles. The number of halogens is 1. The van der Waals surface area contributed by atoms with Crippen LogP contribution in [0.25, 0.3) is 0 Å². The van der Waals surface area contributed by atoms with Crippen molar-refractivity contribution in [2.24, 2.45) is 10.9 Å². The summed E-state index contributed by atoms with van der Waals surface area (Å²) in [5.41, 5.74) is 6.06. The summed E-state index contributed by atoms with van der Waals surface area (Å²) in [4.78, 5) is 1.77. The van der Waals surface area contributed by atoms with Crippen LogP contribution in [0.5, 0.6) is 0 Å². The van der Waals surface area contributed by atoms with Gasteiger partial charge in [0.25, 0.3) is 0 Å². The zero-order valence-electron chi connectivity index (χ0n) is 11.5. The van der Waals surface area contributed by atoms with E-state index in [1.54, 1.807) is 17.0 Å². The molecule has 0 saturated carbocycles. The van der Waals surface area contributed by atoms with E-state index in [2.05, 4.69) is 5.16 Å². The standard InChI is InChI=1S/C12H17FN4O3S/c1-21(19,20)17-6-4-16(5-7-17)11-3-2-9(8-10(11)13)12(14)15-18/h2-3,8,18H,4-7H2,1H3,(H2,14,15). The zero-order valence-corrected chi connectivity index (χ0v) is 12.3. The van der Waals surface area contributed by atoms with Gasteiger partial charge in [0.05, 0.1) is 11.9 Å². The van der Waals surface area contributed by atoms with Crippen molar-refractivity contribution < 1.29 is 18.0 Å². The maximum absolute atomic E-state index is 14.1. The van der Waals surface area contributed by atoms with Gasteiger partial charge in [-0.15, -0.1) is 0 Å². The fourth-order valence-electron chi connectivity index (χ4n) is 2.24. The van der Waals surface area contributed by atoms with Gasteiger partial charge in [0, 0.05) is 31.7 Å². The molecule has 2 rings (SSSR count). The van der Waals surface area contributed by atoms with Gasteiger partial charge in [-0.25, -0.2) is 12.8 Å². The molecule has 1 heterocycles. The van der Waals surface area contributed by atoms with Crippen LogP contribution in [-0.4, -0.2) is 56.2 Å². The summed E-state index contributed by atoms with van der Waals surface area (Å²) < 4.78 is 38.3. The molecule has 7 nitrogen and oxygen atoms in total. The number of rotatable bonds is 3. The normalized spacial score (nSPS) is 18.0. The van der Waals surface area contributed by atoms with Crippen molar-refractivity contribution in [1.29, 1.82) is 0 Å². The summed E-state index contributed by atoms with van der Waals surface area (Å²) >= 11 is 0. The smallest absolute Gasteiger partial charge is 0.211 e. The maximum Gasteiger partial charge on any atom is 0.211 e. The number of oxime groups is 1. The summed E-state index contributed by atoms with van der Waals surface area (Å²) in [5, 5.41) is 11.4. The molecule has 116 valence electrons. The topological polar surface area (TPSA) is 99.2 Å². The van der Waals surface area contributed by atoms with Crippen LogP contribution in [0, 0.1) is 5.82 Å². The number of hydrogen-bond acceptors (Lipinski definition) is 5. The second-order valence-corrected chi connectivity index (χ2v) is 6.78. The second kappa shape index (κ2) is 5.86. The Kier molecular flexibility index (Phi) is 4.33. The first-order valence-corrected chi connectivity index (χ1v) is 8.15. The summed E-state index contributed by atoms with van der Waals surface area (Å²) in [7, 11) is -3.21. The van der Waals surface area contributed by atoms with Crippen LogP contribution in [0.15, 0.2) is 23.4 Å². The highest BCUT2D eigenvalue weighted by molar-refractivity contribution is 7.88. The molecule has 1 aromatic rings. The fraction of sp³-hybridized carbons (Fsp3) is 0.417. The lowest BCUT2D eigenvalue weighted by molar-refractivity contribution is 0.318. The van der Waals surface area contributed by atoms with Crippen LogP contribution in [0.2, 0.25) is 0 Å². The van der Waals surface area contributed by atoms with Crippen LogP contribution in [0.3, 0.4) is 0 Å². The molecule has 0 aromatic heterocycles. The first-order valence-electron chi connectivity index (χ1n) is 6.30. The van der Waals surface area contributed by atoms with Gasteiger partial charge < -0.3 is 15.8 Å². The highest BCUT2D eigenvalue weighted by atomic mass is 32.2. The van der Waals surface area contributed by atoms with E-state index < -0.39 is 15.8 Å². The van der Waals surface area contributed by atoms with Crippen molar-refractivity contribution in [3.05, 3.63) is 29.6 Å². The lowest BCUT2D eigenvalue weighted by atomic mass is 10.1. The molecule has 1 saturated heterocycles. The average molecular weight is 316 g/mol. The second-order valence-electron chi connectivity index (χ2n) is 4.80. The molecule has 1 aliphatic rings. The number of amidine groups is 1. The molecule has 0 radical (unpaired) electrons. The predicted molar refractivity (Wildman–Crippen MR) is 77.5 cm³/mol. The molecule has 0 aliphatic carbocycles. The van der Waals surface area contributed by atoms with Crippen molar-refractivity contribution in [2.45, 2.75) is 0 Å². The number of hydrogen-bond donors (Lipinski definition) is 2. The average Bonchev–Trinajstić information content (AvgIpc) is 2.45. The molecular formula is C12H17FN4O3S. The number of nitrogens with zero attached hydrogens (tertiary/aromatic N) is 3. The molecule has 1 aromatic carbocycles. The van der Waals surface area contributed by atoms with E-state index in [9.17, 15) is 12.8 Å². The summed E-state index contributed by atoms with van der Waals surface area (Å²) in [6.45, 7) is 1.46. The molecule has 0 bridgehead atoms. The third-order valence-corrected chi connectivity index (χ3v) is 4.70. The minimum atomic E-state index is -3.21. The minimum absolute atomic E-state index is 0.164. The maximum atomic E-state index is 14.1. The Labute approximate surface area is 122 Å². The quantitative estimate of drug-likeness (QED) is 0.354. The summed E-state index contributed by atoms with van der Waals surface area (Å²) in [5.74, 6) is -0.658. The van der Waals surface area contributed by atoms with Crippen LogP contribution in [-0.2, 0) is 10.0 Å². The Morgan fingerprint density at radius 2 is 1.95 bits per heavy atom. The summed E-state index contributed by atoms with van der Waals surface area (Å²) in [6, 6.07) is 4.28. The first-order chi connectivity index (χ1) is 9.82. The Morgan fingerprint density at radius 1 is 1.33 bits per heavy atom. The number of anilines is 1. The van der Waals surface area contributed by atoms with Crippen molar-refractivity contribution in [3.8, 4) is 0 Å². The highest BCUT2D eigenvalue weighted by Crippen LogP contribution is 2.22. The van der Waals surface area contributed by atoms with E-state index in [1.165, 1.54) is 10.4 Å². The Bertz CT molecular complexity index is 654. The van der Waals surface area contributed by atoms with Crippen LogP contribution >= 0.6 is 0 Å². The highest BCUT2D eigenvalue weighted by Gasteiger charge is 2.24. The van der Waals surface area contributed by atoms with Gasteiger partial charge in [0.2, 0.25) is 10.0 Å². The Hall–Kier alpha value is -1.87. The minimum Gasteiger partial charge on any atom is -0.409 e. The van der Waals surface area contributed by atoms with Gasteiger partial charge >= 0.3 is 0 Å². The van der Waals surface area contributed by atoms with Gasteiger partial charge in [-0.1, -0.05) is 5.16 Å². The molecule has 3 N–H and O–H groups in total. The monoisotopic (exact) mass is 316 g/mol. The molecule has 0 unspecified atom stereocenters. The SMILES string of the molecule is CS(=O)(=O)N1CCN(c2ccc(C(N)=NO)cc2F)CC1. The van der Waals surface area contributed by atoms with Gasteiger partial charge in [-0.2, -0.15) is 4.31 Å². The fourth-order valence-corrected chi connectivity index (χ4v) is 3.07. The Balaban J connectivity index is 2.14. The third-order valence-electron chi connectivity index (χ3n) is 3.40. The van der Waals surface area contributed by atoms with Gasteiger partial charge in [-0.05, 0) is 18.2 Å². The molecule has 9 heteroatoms. The lowest BCUT2D eigenvalue weighted by Gasteiger charge is -2.34. The molecule has 0 atom stereocenters. The number of piperazine rings is 1. The molecule has 1 fully saturated rings. The van der Waals surface area contributed by atoms with Crippen LogP contribution in [0.1, 0.15) is 5.56 Å². The van der Waals surface area contributed by atoms with Gasteiger partial charge in [-0.3, -0.25) is 0 Å². The molecule has 21 heavy (non-hydrogen) atoms. The van der Waals surface area contributed by atoms with Crippen molar-refractivity contribution in [3.63, 3.8) is 0 Å². The lowest BCUT2D eigenvalue weighted by Crippen LogP contribution is -2.48. The van der Waals surface area contributed by atoms with Crippen LogP contribution < -0.4 is 10.6 Å². The Morgan fingerprint density at radius 3 is 2.43 bits per heavy atom. The number of nitrogens with two attached hydrogens (primary N) is 1. The zero-order chi connectivity index (χ0) is 15.6. The van der Waals surface area contributed by atoms with Crippen molar-refractivity contribution >= 4 is 21.5 Å². The van der Waals surface area contributed by atoms with Gasteiger partial charge in [0.15, 0.2) is 5.84 Å². The first kappa shape index (κ1) is 15.5. The van der Waals surface area contributed by atoms with E-state index >= 15 is 0 Å². The van der Waals surface area contributed by atoms with Crippen LogP contribution in [0.4, 0.5) is 10.1 Å². The van der Waals surface area contributed by atoms with E-state index in [4.69, 9.17) is 10.9 Å². The molecule has 0 amide bonds. The largest absolute Gasteiger partial charge is 0.409 e. The number of benzene rings is 1. The van der Waals surface area contributed by atoms with E-state index in [0.717, 1.165) is 6.26 Å². The number of sulfonamides is 1. The van der Waals surface area contributed by atoms with E-state index in [1.807, 2.05) is 0 Å². The van der Waals surface area contributed by atoms with E-state index in [0.29, 0.717) is 31.9 Å². The third kappa shape index (κ3) is 3.42. The summed E-state index contributed by atoms with van der Waals surface area (Å²) in [6.07, 6.45) is 1.16.